The maximum Gasteiger partial charge on any atom is 0.336 e. The number of aromatic carboxylic acids is 1. The van der Waals surface area contributed by atoms with Crippen LogP contribution in [0.1, 0.15) is 15.9 Å². The van der Waals surface area contributed by atoms with Gasteiger partial charge in [-0.25, -0.2) is 9.78 Å². The van der Waals surface area contributed by atoms with Crippen LogP contribution in [0.5, 0.6) is 0 Å². The van der Waals surface area contributed by atoms with Crippen LogP contribution < -0.4 is 0 Å². The summed E-state index contributed by atoms with van der Waals surface area (Å²) >= 11 is 0. The van der Waals surface area contributed by atoms with E-state index in [1.807, 2.05) is 25.1 Å². The molecule has 4 heteroatoms. The van der Waals surface area contributed by atoms with Gasteiger partial charge in [-0.2, -0.15) is 0 Å². The third-order valence-corrected chi connectivity index (χ3v) is 2.93. The van der Waals surface area contributed by atoms with Gasteiger partial charge in [0, 0.05) is 0 Å². The number of oxazole rings is 1. The summed E-state index contributed by atoms with van der Waals surface area (Å²) in [6.45, 7) is 1.97. The Kier molecular flexibility index (Phi) is 2.56. The van der Waals surface area contributed by atoms with Crippen LogP contribution in [0.3, 0.4) is 0 Å². The Balaban J connectivity index is 2.22. The minimum absolute atomic E-state index is 0.186. The van der Waals surface area contributed by atoms with E-state index < -0.39 is 5.97 Å². The van der Waals surface area contributed by atoms with Crippen molar-refractivity contribution >= 4 is 17.1 Å². The third-order valence-electron chi connectivity index (χ3n) is 2.93. The zero-order chi connectivity index (χ0) is 13.4. The topological polar surface area (TPSA) is 63.3 Å². The number of benzene rings is 2. The van der Waals surface area contributed by atoms with Crippen molar-refractivity contribution in [3.05, 3.63) is 53.6 Å². The molecule has 2 aromatic carbocycles. The summed E-state index contributed by atoms with van der Waals surface area (Å²) in [5.41, 5.74) is 3.14. The second-order valence-electron chi connectivity index (χ2n) is 4.34. The highest BCUT2D eigenvalue weighted by atomic mass is 16.4. The van der Waals surface area contributed by atoms with Crippen molar-refractivity contribution in [2.24, 2.45) is 0 Å². The molecule has 0 radical (unpaired) electrons. The molecule has 1 aromatic heterocycles. The van der Waals surface area contributed by atoms with E-state index in [4.69, 9.17) is 4.42 Å². The molecule has 0 spiro atoms. The lowest BCUT2D eigenvalue weighted by molar-refractivity contribution is 0.0697. The molecule has 94 valence electrons. The Morgan fingerprint density at radius 1 is 1.21 bits per heavy atom. The number of carboxylic acids is 1. The molecule has 0 amide bonds. The van der Waals surface area contributed by atoms with E-state index in [-0.39, 0.29) is 5.56 Å². The largest absolute Gasteiger partial charge is 0.478 e. The summed E-state index contributed by atoms with van der Waals surface area (Å²) in [4.78, 5) is 15.6. The second kappa shape index (κ2) is 4.24. The number of carbonyl (C=O) groups is 1. The number of fused-ring (bicyclic) bond motifs is 1. The molecular formula is C15H11NO3. The number of aryl methyl sites for hydroxylation is 1. The molecule has 0 saturated carbocycles. The first kappa shape index (κ1) is 11.5. The number of hydrogen-bond acceptors (Lipinski definition) is 3. The van der Waals surface area contributed by atoms with E-state index in [0.717, 1.165) is 11.1 Å². The highest BCUT2D eigenvalue weighted by Crippen LogP contribution is 2.27. The maximum atomic E-state index is 11.2. The molecule has 0 aliphatic rings. The first-order valence-electron chi connectivity index (χ1n) is 5.85. The smallest absolute Gasteiger partial charge is 0.336 e. The van der Waals surface area contributed by atoms with Gasteiger partial charge in [0.05, 0.1) is 11.1 Å². The fraction of sp³-hybridized carbons (Fsp3) is 0.0667. The molecule has 0 bridgehead atoms. The predicted octanol–water partition coefficient (Wildman–Crippen LogP) is 3.50. The third kappa shape index (κ3) is 1.97. The monoisotopic (exact) mass is 253 g/mol. The van der Waals surface area contributed by atoms with E-state index in [2.05, 4.69) is 4.98 Å². The molecule has 0 fully saturated rings. The minimum Gasteiger partial charge on any atom is -0.478 e. The molecule has 0 aliphatic heterocycles. The van der Waals surface area contributed by atoms with Crippen LogP contribution in [0.4, 0.5) is 0 Å². The van der Waals surface area contributed by atoms with Crippen LogP contribution in [0.25, 0.3) is 22.6 Å². The van der Waals surface area contributed by atoms with Crippen molar-refractivity contribution in [2.75, 3.05) is 0 Å². The second-order valence-corrected chi connectivity index (χ2v) is 4.34. The molecule has 3 aromatic rings. The lowest BCUT2D eigenvalue weighted by Crippen LogP contribution is -1.98. The fourth-order valence-corrected chi connectivity index (χ4v) is 2.01. The van der Waals surface area contributed by atoms with Crippen LogP contribution in [0, 0.1) is 6.92 Å². The van der Waals surface area contributed by atoms with Crippen molar-refractivity contribution in [3.63, 3.8) is 0 Å². The Bertz CT molecular complexity index is 774. The van der Waals surface area contributed by atoms with Gasteiger partial charge in [0.15, 0.2) is 5.58 Å². The lowest BCUT2D eigenvalue weighted by Gasteiger charge is -2.00. The molecule has 0 saturated heterocycles. The van der Waals surface area contributed by atoms with Gasteiger partial charge in [0.2, 0.25) is 5.89 Å². The number of carboxylic acid groups (broad SMARTS) is 1. The molecule has 0 aliphatic carbocycles. The molecule has 1 N–H and O–H groups in total. The zero-order valence-corrected chi connectivity index (χ0v) is 10.3. The summed E-state index contributed by atoms with van der Waals surface area (Å²) in [6, 6.07) is 12.4. The molecule has 3 rings (SSSR count). The van der Waals surface area contributed by atoms with Gasteiger partial charge in [-0.15, -0.1) is 0 Å². The van der Waals surface area contributed by atoms with E-state index in [9.17, 15) is 9.90 Å². The zero-order valence-electron chi connectivity index (χ0n) is 10.3. The SMILES string of the molecule is Cc1ccc2oc(-c3ccccc3C(=O)O)nc2c1. The predicted molar refractivity (Wildman–Crippen MR) is 71.1 cm³/mol. The highest BCUT2D eigenvalue weighted by molar-refractivity contribution is 5.95. The highest BCUT2D eigenvalue weighted by Gasteiger charge is 2.15. The lowest BCUT2D eigenvalue weighted by atomic mass is 10.1. The molecule has 1 heterocycles. The molecular weight excluding hydrogens is 242 g/mol. The Hall–Kier alpha value is -2.62. The standard InChI is InChI=1S/C15H11NO3/c1-9-6-7-13-12(8-9)16-14(19-13)10-4-2-3-5-11(10)15(17)18/h2-8H,1H3,(H,17,18). The Morgan fingerprint density at radius 2 is 2.00 bits per heavy atom. The van der Waals surface area contributed by atoms with Crippen molar-refractivity contribution < 1.29 is 14.3 Å². The van der Waals surface area contributed by atoms with Crippen molar-refractivity contribution in [3.8, 4) is 11.5 Å². The Labute approximate surface area is 109 Å². The average Bonchev–Trinajstić information content (AvgIpc) is 2.81. The van der Waals surface area contributed by atoms with Crippen LogP contribution in [0.2, 0.25) is 0 Å². The van der Waals surface area contributed by atoms with Crippen molar-refractivity contribution in [2.45, 2.75) is 6.92 Å². The van der Waals surface area contributed by atoms with Crippen LogP contribution in [0.15, 0.2) is 46.9 Å². The number of aromatic nitrogens is 1. The average molecular weight is 253 g/mol. The van der Waals surface area contributed by atoms with Gasteiger partial charge in [-0.05, 0) is 36.8 Å². The van der Waals surface area contributed by atoms with E-state index in [1.54, 1.807) is 18.2 Å². The first-order chi connectivity index (χ1) is 9.15. The van der Waals surface area contributed by atoms with Gasteiger partial charge in [0.1, 0.15) is 5.52 Å². The van der Waals surface area contributed by atoms with Crippen LogP contribution in [-0.2, 0) is 0 Å². The number of nitrogens with zero attached hydrogens (tertiary/aromatic N) is 1. The Morgan fingerprint density at radius 3 is 2.79 bits per heavy atom. The first-order valence-corrected chi connectivity index (χ1v) is 5.85. The minimum atomic E-state index is -0.992. The summed E-state index contributed by atoms with van der Waals surface area (Å²) in [6.07, 6.45) is 0. The van der Waals surface area contributed by atoms with Gasteiger partial charge in [0.25, 0.3) is 0 Å². The van der Waals surface area contributed by atoms with Gasteiger partial charge in [-0.1, -0.05) is 18.2 Å². The quantitative estimate of drug-likeness (QED) is 0.759. The molecule has 4 nitrogen and oxygen atoms in total. The maximum absolute atomic E-state index is 11.2. The van der Waals surface area contributed by atoms with E-state index >= 15 is 0 Å². The van der Waals surface area contributed by atoms with E-state index in [1.165, 1.54) is 6.07 Å². The summed E-state index contributed by atoms with van der Waals surface area (Å²) in [5, 5.41) is 9.18. The van der Waals surface area contributed by atoms with Crippen molar-refractivity contribution in [1.82, 2.24) is 4.98 Å². The van der Waals surface area contributed by atoms with Gasteiger partial charge < -0.3 is 9.52 Å². The van der Waals surface area contributed by atoms with Gasteiger partial charge >= 0.3 is 5.97 Å². The summed E-state index contributed by atoms with van der Waals surface area (Å²) in [7, 11) is 0. The van der Waals surface area contributed by atoms with Crippen LogP contribution >= 0.6 is 0 Å². The summed E-state index contributed by atoms with van der Waals surface area (Å²) < 4.78 is 5.63. The number of rotatable bonds is 2. The molecule has 0 unspecified atom stereocenters. The molecule has 0 atom stereocenters. The summed E-state index contributed by atoms with van der Waals surface area (Å²) in [5.74, 6) is -0.660. The normalized spacial score (nSPS) is 10.8. The van der Waals surface area contributed by atoms with Gasteiger partial charge in [-0.3, -0.25) is 0 Å². The fourth-order valence-electron chi connectivity index (χ4n) is 2.01. The number of hydrogen-bond donors (Lipinski definition) is 1. The van der Waals surface area contributed by atoms with E-state index in [0.29, 0.717) is 17.0 Å². The van der Waals surface area contributed by atoms with Crippen LogP contribution in [-0.4, -0.2) is 16.1 Å². The van der Waals surface area contributed by atoms with Crippen molar-refractivity contribution in [1.29, 1.82) is 0 Å². The molecule has 19 heavy (non-hydrogen) atoms.